The molecule has 0 aromatic carbocycles. The molecule has 0 aliphatic heterocycles. The second kappa shape index (κ2) is 5.39. The molecule has 2 heterocycles. The molecule has 2 rings (SSSR count). The summed E-state index contributed by atoms with van der Waals surface area (Å²) >= 11 is 3.32. The van der Waals surface area contributed by atoms with Gasteiger partial charge in [0.15, 0.2) is 0 Å². The molecule has 2 aromatic heterocycles. The van der Waals surface area contributed by atoms with E-state index >= 15 is 0 Å². The van der Waals surface area contributed by atoms with Gasteiger partial charge in [0.25, 0.3) is 0 Å². The Balaban J connectivity index is 2.19. The molecule has 0 fully saturated rings. The molecule has 2 aromatic rings. The Hall–Kier alpha value is -1.56. The lowest BCUT2D eigenvalue weighted by Crippen LogP contribution is -2.21. The van der Waals surface area contributed by atoms with Gasteiger partial charge < -0.3 is 4.90 Å². The fourth-order valence-electron chi connectivity index (χ4n) is 1.62. The molecule has 0 radical (unpaired) electrons. The van der Waals surface area contributed by atoms with E-state index in [1.807, 2.05) is 25.8 Å². The molecule has 0 saturated carbocycles. The summed E-state index contributed by atoms with van der Waals surface area (Å²) in [4.78, 5) is 19.0. The summed E-state index contributed by atoms with van der Waals surface area (Å²) in [5.41, 5.74) is 2.07. The fourth-order valence-corrected chi connectivity index (χ4v) is 1.82. The Kier molecular flexibility index (Phi) is 3.86. The van der Waals surface area contributed by atoms with Gasteiger partial charge in [0.05, 0.1) is 11.0 Å². The van der Waals surface area contributed by atoms with Crippen LogP contribution in [0.5, 0.6) is 0 Å². The van der Waals surface area contributed by atoms with Gasteiger partial charge in [-0.05, 0) is 29.8 Å². The topological polar surface area (TPSA) is 54.8 Å². The van der Waals surface area contributed by atoms with Crippen molar-refractivity contribution in [1.29, 1.82) is 0 Å². The normalized spacial score (nSPS) is 10.4. The first kappa shape index (κ1) is 12.9. The molecule has 94 valence electrons. The maximum atomic E-state index is 4.30. The Bertz CT molecular complexity index is 541. The Morgan fingerprint density at radius 3 is 2.44 bits per heavy atom. The van der Waals surface area contributed by atoms with Crippen molar-refractivity contribution in [2.45, 2.75) is 20.4 Å². The monoisotopic (exact) mass is 307 g/mol. The zero-order chi connectivity index (χ0) is 13.1. The highest BCUT2D eigenvalue weighted by molar-refractivity contribution is 9.10. The average Bonchev–Trinajstić information content (AvgIpc) is 2.35. The van der Waals surface area contributed by atoms with E-state index in [0.29, 0.717) is 6.54 Å². The number of hydrogen-bond acceptors (Lipinski definition) is 5. The Labute approximate surface area is 114 Å². The van der Waals surface area contributed by atoms with Gasteiger partial charge >= 0.3 is 0 Å². The lowest BCUT2D eigenvalue weighted by molar-refractivity contribution is 0.812. The summed E-state index contributed by atoms with van der Waals surface area (Å²) in [5, 5.41) is 0. The minimum absolute atomic E-state index is 0.616. The summed E-state index contributed by atoms with van der Waals surface area (Å²) in [6.07, 6.45) is 5.07. The van der Waals surface area contributed by atoms with Crippen LogP contribution < -0.4 is 4.90 Å². The third-order valence-corrected chi connectivity index (χ3v) is 3.13. The third kappa shape index (κ3) is 2.81. The first-order chi connectivity index (χ1) is 8.58. The fraction of sp³-hybridized carbons (Fsp3) is 0.333. The Morgan fingerprint density at radius 2 is 1.78 bits per heavy atom. The zero-order valence-corrected chi connectivity index (χ0v) is 12.1. The van der Waals surface area contributed by atoms with Crippen molar-refractivity contribution in [2.24, 2.45) is 0 Å². The number of rotatable bonds is 3. The van der Waals surface area contributed by atoms with E-state index in [4.69, 9.17) is 0 Å². The number of anilines is 1. The number of nitrogens with zero attached hydrogens (tertiary/aromatic N) is 5. The molecular weight excluding hydrogens is 294 g/mol. The van der Waals surface area contributed by atoms with Crippen LogP contribution in [0, 0.1) is 13.8 Å². The molecule has 18 heavy (non-hydrogen) atoms. The van der Waals surface area contributed by atoms with E-state index in [1.54, 1.807) is 18.7 Å². The van der Waals surface area contributed by atoms with Crippen LogP contribution in [-0.4, -0.2) is 27.0 Å². The molecule has 6 heteroatoms. The van der Waals surface area contributed by atoms with Crippen LogP contribution in [0.1, 0.15) is 17.1 Å². The van der Waals surface area contributed by atoms with E-state index in [1.165, 1.54) is 0 Å². The lowest BCUT2D eigenvalue weighted by Gasteiger charge is -2.19. The first-order valence-corrected chi connectivity index (χ1v) is 6.33. The van der Waals surface area contributed by atoms with Gasteiger partial charge in [-0.15, -0.1) is 0 Å². The van der Waals surface area contributed by atoms with Crippen molar-refractivity contribution >= 4 is 21.7 Å². The summed E-state index contributed by atoms with van der Waals surface area (Å²) in [6.45, 7) is 4.61. The van der Waals surface area contributed by atoms with Crippen LogP contribution >= 0.6 is 15.9 Å². The van der Waals surface area contributed by atoms with E-state index in [-0.39, 0.29) is 0 Å². The summed E-state index contributed by atoms with van der Waals surface area (Å²) in [7, 11) is 1.97. The van der Waals surface area contributed by atoms with Gasteiger partial charge in [0, 0.05) is 30.7 Å². The van der Waals surface area contributed by atoms with Crippen molar-refractivity contribution in [1.82, 2.24) is 19.9 Å². The molecule has 0 aliphatic rings. The van der Waals surface area contributed by atoms with Crippen molar-refractivity contribution in [3.63, 3.8) is 0 Å². The second-order valence-corrected chi connectivity index (χ2v) is 5.00. The molecule has 0 amide bonds. The van der Waals surface area contributed by atoms with Crippen LogP contribution in [0.15, 0.2) is 23.2 Å². The largest absolute Gasteiger partial charge is 0.352 e. The summed E-state index contributed by atoms with van der Waals surface area (Å²) in [5.74, 6) is 1.67. The summed E-state index contributed by atoms with van der Waals surface area (Å²) < 4.78 is 0.878. The standard InChI is InChI=1S/C12H14BrN5/c1-8-9(2)16-7-17-12(8)18(3)6-11-14-4-10(13)5-15-11/h4-5,7H,6H2,1-3H3. The molecule has 0 bridgehead atoms. The lowest BCUT2D eigenvalue weighted by atomic mass is 10.2. The predicted molar refractivity (Wildman–Crippen MR) is 73.3 cm³/mol. The second-order valence-electron chi connectivity index (χ2n) is 4.08. The quantitative estimate of drug-likeness (QED) is 0.871. The van der Waals surface area contributed by atoms with Crippen LogP contribution in [0.3, 0.4) is 0 Å². The van der Waals surface area contributed by atoms with Gasteiger partial charge in [-0.3, -0.25) is 0 Å². The molecular formula is C12H14BrN5. The molecule has 0 atom stereocenters. The van der Waals surface area contributed by atoms with Crippen LogP contribution in [-0.2, 0) is 6.54 Å². The number of halogens is 1. The van der Waals surface area contributed by atoms with E-state index in [0.717, 1.165) is 27.4 Å². The third-order valence-electron chi connectivity index (χ3n) is 2.72. The van der Waals surface area contributed by atoms with Gasteiger partial charge in [-0.2, -0.15) is 0 Å². The van der Waals surface area contributed by atoms with Gasteiger partial charge in [-0.25, -0.2) is 19.9 Å². The maximum Gasteiger partial charge on any atom is 0.147 e. The molecule has 5 nitrogen and oxygen atoms in total. The molecule has 0 N–H and O–H groups in total. The number of hydrogen-bond donors (Lipinski definition) is 0. The SMILES string of the molecule is Cc1ncnc(N(C)Cc2ncc(Br)cn2)c1C. The molecule has 0 saturated heterocycles. The minimum atomic E-state index is 0.616. The highest BCUT2D eigenvalue weighted by Crippen LogP contribution is 2.18. The zero-order valence-electron chi connectivity index (χ0n) is 10.6. The number of aromatic nitrogens is 4. The van der Waals surface area contributed by atoms with Crippen molar-refractivity contribution in [3.8, 4) is 0 Å². The smallest absolute Gasteiger partial charge is 0.147 e. The average molecular weight is 308 g/mol. The van der Waals surface area contributed by atoms with Gasteiger partial charge in [0.2, 0.25) is 0 Å². The van der Waals surface area contributed by atoms with Gasteiger partial charge in [0.1, 0.15) is 18.0 Å². The van der Waals surface area contributed by atoms with Crippen molar-refractivity contribution in [3.05, 3.63) is 40.3 Å². The summed E-state index contributed by atoms with van der Waals surface area (Å²) in [6, 6.07) is 0. The van der Waals surface area contributed by atoms with Crippen molar-refractivity contribution < 1.29 is 0 Å². The number of aryl methyl sites for hydroxylation is 1. The van der Waals surface area contributed by atoms with Gasteiger partial charge in [-0.1, -0.05) is 0 Å². The van der Waals surface area contributed by atoms with Crippen LogP contribution in [0.2, 0.25) is 0 Å². The molecule has 0 spiro atoms. The maximum absolute atomic E-state index is 4.30. The van der Waals surface area contributed by atoms with E-state index in [2.05, 4.69) is 35.9 Å². The molecule has 0 unspecified atom stereocenters. The highest BCUT2D eigenvalue weighted by Gasteiger charge is 2.10. The first-order valence-electron chi connectivity index (χ1n) is 5.53. The minimum Gasteiger partial charge on any atom is -0.352 e. The van der Waals surface area contributed by atoms with Crippen LogP contribution in [0.25, 0.3) is 0 Å². The van der Waals surface area contributed by atoms with E-state index < -0.39 is 0 Å². The van der Waals surface area contributed by atoms with Crippen LogP contribution in [0.4, 0.5) is 5.82 Å². The van der Waals surface area contributed by atoms with Crippen molar-refractivity contribution in [2.75, 3.05) is 11.9 Å². The Morgan fingerprint density at radius 1 is 1.11 bits per heavy atom. The van der Waals surface area contributed by atoms with E-state index in [9.17, 15) is 0 Å². The highest BCUT2D eigenvalue weighted by atomic mass is 79.9. The predicted octanol–water partition coefficient (Wildman–Crippen LogP) is 2.28. The molecule has 0 aliphatic carbocycles.